The van der Waals surface area contributed by atoms with Crippen molar-refractivity contribution in [2.45, 2.75) is 12.5 Å². The molecule has 1 atom stereocenters. The molecule has 0 aliphatic rings. The average molecular weight is 391 g/mol. The molecule has 0 spiro atoms. The Morgan fingerprint density at radius 3 is 2.32 bits per heavy atom. The van der Waals surface area contributed by atoms with Gasteiger partial charge in [-0.1, -0.05) is 6.07 Å². The summed E-state index contributed by atoms with van der Waals surface area (Å²) in [6.07, 6.45) is -4.23. The molecule has 0 fully saturated rings. The van der Waals surface area contributed by atoms with Crippen LogP contribution in [0.15, 0.2) is 66.9 Å². The molecule has 28 heavy (non-hydrogen) atoms. The summed E-state index contributed by atoms with van der Waals surface area (Å²) in [4.78, 5) is 4.23. The van der Waals surface area contributed by atoms with E-state index in [0.29, 0.717) is 17.0 Å². The molecule has 3 rings (SSSR count). The van der Waals surface area contributed by atoms with Gasteiger partial charge >= 0.3 is 6.36 Å². The lowest BCUT2D eigenvalue weighted by atomic mass is 10.1. The van der Waals surface area contributed by atoms with Crippen LogP contribution in [0.4, 0.5) is 13.2 Å². The number of benzene rings is 2. The highest BCUT2D eigenvalue weighted by Gasteiger charge is 2.31. The molecule has 146 valence electrons. The minimum atomic E-state index is -4.77. The SMILES string of the molecule is OC[C@@H](O)c1ccnc(-c2ccc(Oc3cccc(OC(F)(F)F)c3)cc2)c1. The molecule has 0 aliphatic heterocycles. The second-order valence-electron chi connectivity index (χ2n) is 5.82. The van der Waals surface area contributed by atoms with Gasteiger partial charge in [-0.25, -0.2) is 0 Å². The molecule has 0 unspecified atom stereocenters. The van der Waals surface area contributed by atoms with Crippen LogP contribution in [0.25, 0.3) is 11.3 Å². The zero-order valence-electron chi connectivity index (χ0n) is 14.4. The van der Waals surface area contributed by atoms with Crippen LogP contribution in [0.5, 0.6) is 17.2 Å². The maximum absolute atomic E-state index is 12.3. The molecule has 2 N–H and O–H groups in total. The molecular formula is C20H16F3NO4. The van der Waals surface area contributed by atoms with E-state index in [2.05, 4.69) is 9.72 Å². The second-order valence-corrected chi connectivity index (χ2v) is 5.82. The number of aromatic nitrogens is 1. The van der Waals surface area contributed by atoms with E-state index in [1.807, 2.05) is 0 Å². The third kappa shape index (κ3) is 5.21. The van der Waals surface area contributed by atoms with Gasteiger partial charge in [0.1, 0.15) is 23.4 Å². The number of aliphatic hydroxyl groups is 2. The molecular weight excluding hydrogens is 375 g/mol. The van der Waals surface area contributed by atoms with E-state index >= 15 is 0 Å². The van der Waals surface area contributed by atoms with Crippen molar-refractivity contribution < 1.29 is 32.9 Å². The number of aliphatic hydroxyl groups excluding tert-OH is 2. The van der Waals surface area contributed by atoms with Crippen molar-refractivity contribution in [3.05, 3.63) is 72.4 Å². The first-order valence-corrected chi connectivity index (χ1v) is 8.23. The van der Waals surface area contributed by atoms with Crippen molar-refractivity contribution in [2.24, 2.45) is 0 Å². The van der Waals surface area contributed by atoms with Crippen LogP contribution < -0.4 is 9.47 Å². The highest BCUT2D eigenvalue weighted by atomic mass is 19.4. The third-order valence-corrected chi connectivity index (χ3v) is 3.77. The summed E-state index contributed by atoms with van der Waals surface area (Å²) in [6, 6.07) is 15.2. The van der Waals surface area contributed by atoms with Crippen LogP contribution in [0.2, 0.25) is 0 Å². The van der Waals surface area contributed by atoms with Gasteiger partial charge in [-0.15, -0.1) is 13.2 Å². The molecule has 0 aliphatic carbocycles. The number of nitrogens with zero attached hydrogens (tertiary/aromatic N) is 1. The van der Waals surface area contributed by atoms with E-state index in [1.165, 1.54) is 24.4 Å². The predicted molar refractivity (Wildman–Crippen MR) is 94.9 cm³/mol. The molecule has 0 saturated carbocycles. The number of rotatable bonds is 6. The second kappa shape index (κ2) is 8.28. The van der Waals surface area contributed by atoms with Gasteiger partial charge in [-0.05, 0) is 54.1 Å². The number of hydrogen-bond donors (Lipinski definition) is 2. The van der Waals surface area contributed by atoms with Gasteiger partial charge in [0.2, 0.25) is 0 Å². The Morgan fingerprint density at radius 1 is 0.929 bits per heavy atom. The molecule has 2 aromatic carbocycles. The smallest absolute Gasteiger partial charge is 0.457 e. The Balaban J connectivity index is 1.74. The Kier molecular flexibility index (Phi) is 5.81. The Hall–Kier alpha value is -3.10. The van der Waals surface area contributed by atoms with Crippen LogP contribution in [-0.2, 0) is 0 Å². The van der Waals surface area contributed by atoms with Gasteiger partial charge in [0.05, 0.1) is 12.3 Å². The Labute approximate surface area is 158 Å². The van der Waals surface area contributed by atoms with E-state index in [9.17, 15) is 18.3 Å². The Morgan fingerprint density at radius 2 is 1.64 bits per heavy atom. The quantitative estimate of drug-likeness (QED) is 0.649. The van der Waals surface area contributed by atoms with E-state index in [4.69, 9.17) is 9.84 Å². The van der Waals surface area contributed by atoms with Crippen molar-refractivity contribution in [3.63, 3.8) is 0 Å². The Bertz CT molecular complexity index is 929. The maximum atomic E-state index is 12.3. The predicted octanol–water partition coefficient (Wildman–Crippen LogP) is 4.47. The van der Waals surface area contributed by atoms with Gasteiger partial charge in [0.25, 0.3) is 0 Å². The summed E-state index contributed by atoms with van der Waals surface area (Å²) in [6.45, 7) is -0.395. The van der Waals surface area contributed by atoms with Gasteiger partial charge in [-0.2, -0.15) is 0 Å². The van der Waals surface area contributed by atoms with Gasteiger partial charge in [0, 0.05) is 17.8 Å². The monoisotopic (exact) mass is 391 g/mol. The summed E-state index contributed by atoms with van der Waals surface area (Å²) in [5.41, 5.74) is 1.87. The molecule has 0 saturated heterocycles. The summed E-state index contributed by atoms with van der Waals surface area (Å²) in [7, 11) is 0. The highest BCUT2D eigenvalue weighted by Crippen LogP contribution is 2.30. The number of halogens is 3. The first-order valence-electron chi connectivity index (χ1n) is 8.23. The lowest BCUT2D eigenvalue weighted by molar-refractivity contribution is -0.274. The molecule has 0 bridgehead atoms. The minimum absolute atomic E-state index is 0.195. The first kappa shape index (κ1) is 19.7. The summed E-state index contributed by atoms with van der Waals surface area (Å²) in [5.74, 6) is 0.241. The first-order chi connectivity index (χ1) is 13.3. The molecule has 3 aromatic rings. The normalized spacial score (nSPS) is 12.5. The van der Waals surface area contributed by atoms with Crippen LogP contribution in [0.3, 0.4) is 0 Å². The number of hydrogen-bond acceptors (Lipinski definition) is 5. The van der Waals surface area contributed by atoms with Crippen molar-refractivity contribution in [1.82, 2.24) is 4.98 Å². The zero-order valence-corrected chi connectivity index (χ0v) is 14.4. The summed E-state index contributed by atoms with van der Waals surface area (Å²) in [5, 5.41) is 18.8. The molecule has 8 heteroatoms. The van der Waals surface area contributed by atoms with Gasteiger partial charge in [0.15, 0.2) is 0 Å². The molecule has 0 amide bonds. The van der Waals surface area contributed by atoms with Crippen LogP contribution >= 0.6 is 0 Å². The standard InChI is InChI=1S/C20H16F3NO4/c21-20(22,23)28-17-3-1-2-16(11-17)27-15-6-4-13(5-7-15)18-10-14(8-9-24-18)19(26)12-25/h1-11,19,25-26H,12H2/t19-/m1/s1. The fourth-order valence-electron chi connectivity index (χ4n) is 2.48. The van der Waals surface area contributed by atoms with Crippen molar-refractivity contribution in [3.8, 4) is 28.5 Å². The zero-order chi connectivity index (χ0) is 20.1. The fourth-order valence-corrected chi connectivity index (χ4v) is 2.48. The molecule has 1 aromatic heterocycles. The number of alkyl halides is 3. The van der Waals surface area contributed by atoms with Crippen molar-refractivity contribution in [1.29, 1.82) is 0 Å². The molecule has 5 nitrogen and oxygen atoms in total. The van der Waals surface area contributed by atoms with Crippen molar-refractivity contribution >= 4 is 0 Å². The van der Waals surface area contributed by atoms with Crippen LogP contribution in [0, 0.1) is 0 Å². The highest BCUT2D eigenvalue weighted by molar-refractivity contribution is 5.61. The lowest BCUT2D eigenvalue weighted by Crippen LogP contribution is -2.16. The average Bonchev–Trinajstić information content (AvgIpc) is 2.67. The van der Waals surface area contributed by atoms with E-state index in [1.54, 1.807) is 36.4 Å². The van der Waals surface area contributed by atoms with E-state index in [0.717, 1.165) is 11.6 Å². The molecule has 1 heterocycles. The largest absolute Gasteiger partial charge is 0.573 e. The lowest BCUT2D eigenvalue weighted by Gasteiger charge is -2.11. The molecule has 0 radical (unpaired) electrons. The maximum Gasteiger partial charge on any atom is 0.573 e. The fraction of sp³-hybridized carbons (Fsp3) is 0.150. The minimum Gasteiger partial charge on any atom is -0.457 e. The van der Waals surface area contributed by atoms with Crippen LogP contribution in [0.1, 0.15) is 11.7 Å². The number of ether oxygens (including phenoxy) is 2. The summed E-state index contributed by atoms with van der Waals surface area (Å²) >= 11 is 0. The van der Waals surface area contributed by atoms with Crippen LogP contribution in [-0.4, -0.2) is 28.2 Å². The third-order valence-electron chi connectivity index (χ3n) is 3.77. The number of pyridine rings is 1. The summed E-state index contributed by atoms with van der Waals surface area (Å²) < 4.78 is 46.4. The van der Waals surface area contributed by atoms with E-state index < -0.39 is 19.1 Å². The van der Waals surface area contributed by atoms with Gasteiger partial charge < -0.3 is 19.7 Å². The van der Waals surface area contributed by atoms with Crippen molar-refractivity contribution in [2.75, 3.05) is 6.61 Å². The van der Waals surface area contributed by atoms with E-state index in [-0.39, 0.29) is 11.5 Å². The van der Waals surface area contributed by atoms with Gasteiger partial charge in [-0.3, -0.25) is 4.98 Å². The topological polar surface area (TPSA) is 71.8 Å².